The van der Waals surface area contributed by atoms with Crippen LogP contribution in [0.1, 0.15) is 31.4 Å². The molecule has 0 fully saturated rings. The molecule has 0 aliphatic rings. The highest BCUT2D eigenvalue weighted by molar-refractivity contribution is 5.41. The molecule has 1 rings (SSSR count). The van der Waals surface area contributed by atoms with E-state index in [2.05, 4.69) is 37.2 Å². The lowest BCUT2D eigenvalue weighted by Gasteiger charge is -2.23. The maximum Gasteiger partial charge on any atom is 0.123 e. The molecule has 0 aromatic heterocycles. The predicted octanol–water partition coefficient (Wildman–Crippen LogP) is 2.39. The number of ether oxygens (including phenoxy) is 1. The molecule has 0 aliphatic carbocycles. The molecule has 1 aromatic rings. The van der Waals surface area contributed by atoms with Crippen LogP contribution in [0.5, 0.6) is 5.75 Å². The van der Waals surface area contributed by atoms with Gasteiger partial charge in [-0.25, -0.2) is 0 Å². The lowest BCUT2D eigenvalue weighted by atomic mass is 10.1. The summed E-state index contributed by atoms with van der Waals surface area (Å²) in [5.41, 5.74) is 1.69. The SMILES string of the molecule is CCC(C)N(C)CCNCc1cc(C#N)ccc1OC. The van der Waals surface area contributed by atoms with Crippen molar-refractivity contribution in [1.29, 1.82) is 5.26 Å². The maximum absolute atomic E-state index is 8.94. The zero-order valence-electron chi connectivity index (χ0n) is 12.9. The lowest BCUT2D eigenvalue weighted by Crippen LogP contribution is -2.34. The van der Waals surface area contributed by atoms with Crippen molar-refractivity contribution in [3.63, 3.8) is 0 Å². The minimum absolute atomic E-state index is 0.605. The Labute approximate surface area is 122 Å². The average Bonchev–Trinajstić information content (AvgIpc) is 2.50. The molecule has 0 bridgehead atoms. The summed E-state index contributed by atoms with van der Waals surface area (Å²) in [6.45, 7) is 7.08. The fourth-order valence-electron chi connectivity index (χ4n) is 2.00. The fourth-order valence-corrected chi connectivity index (χ4v) is 2.00. The Morgan fingerprint density at radius 3 is 2.80 bits per heavy atom. The van der Waals surface area contributed by atoms with Gasteiger partial charge >= 0.3 is 0 Å². The summed E-state index contributed by atoms with van der Waals surface area (Å²) < 4.78 is 5.32. The number of rotatable bonds is 8. The zero-order chi connectivity index (χ0) is 15.0. The quantitative estimate of drug-likeness (QED) is 0.740. The van der Waals surface area contributed by atoms with Gasteiger partial charge in [-0.3, -0.25) is 0 Å². The second-order valence-corrected chi connectivity index (χ2v) is 5.05. The maximum atomic E-state index is 8.94. The van der Waals surface area contributed by atoms with Crippen LogP contribution >= 0.6 is 0 Å². The van der Waals surface area contributed by atoms with Crippen LogP contribution in [0.25, 0.3) is 0 Å². The molecule has 0 radical (unpaired) electrons. The van der Waals surface area contributed by atoms with Gasteiger partial charge in [-0.1, -0.05) is 6.92 Å². The number of nitriles is 1. The van der Waals surface area contributed by atoms with Crippen molar-refractivity contribution < 1.29 is 4.74 Å². The first-order chi connectivity index (χ1) is 9.62. The molecule has 1 unspecified atom stereocenters. The number of likely N-dealkylation sites (N-methyl/N-ethyl adjacent to an activating group) is 1. The number of methoxy groups -OCH3 is 1. The van der Waals surface area contributed by atoms with E-state index in [1.54, 1.807) is 13.2 Å². The molecular formula is C16H25N3O. The molecule has 0 amide bonds. The van der Waals surface area contributed by atoms with Crippen molar-refractivity contribution in [3.8, 4) is 11.8 Å². The monoisotopic (exact) mass is 275 g/mol. The third-order valence-electron chi connectivity index (χ3n) is 3.71. The molecule has 0 spiro atoms. The Morgan fingerprint density at radius 2 is 2.20 bits per heavy atom. The molecule has 1 aromatic carbocycles. The van der Waals surface area contributed by atoms with Gasteiger partial charge in [-0.05, 0) is 38.6 Å². The number of hydrogen-bond donors (Lipinski definition) is 1. The summed E-state index contributed by atoms with van der Waals surface area (Å²) in [6.07, 6.45) is 1.16. The van der Waals surface area contributed by atoms with Crippen LogP contribution in [0.3, 0.4) is 0 Å². The van der Waals surface area contributed by atoms with Crippen molar-refractivity contribution in [2.45, 2.75) is 32.9 Å². The van der Waals surface area contributed by atoms with Gasteiger partial charge in [0, 0.05) is 31.2 Å². The third kappa shape index (κ3) is 4.84. The van der Waals surface area contributed by atoms with E-state index < -0.39 is 0 Å². The lowest BCUT2D eigenvalue weighted by molar-refractivity contribution is 0.251. The predicted molar refractivity (Wildman–Crippen MR) is 81.8 cm³/mol. The molecule has 1 N–H and O–H groups in total. The van der Waals surface area contributed by atoms with Crippen LogP contribution in [-0.4, -0.2) is 38.2 Å². The van der Waals surface area contributed by atoms with Crippen LogP contribution in [0, 0.1) is 11.3 Å². The highest BCUT2D eigenvalue weighted by Gasteiger charge is 2.07. The van der Waals surface area contributed by atoms with Gasteiger partial charge in [0.1, 0.15) is 5.75 Å². The molecule has 0 saturated carbocycles. The first-order valence-electron chi connectivity index (χ1n) is 7.10. The second-order valence-electron chi connectivity index (χ2n) is 5.05. The van der Waals surface area contributed by atoms with Gasteiger partial charge in [0.25, 0.3) is 0 Å². The fraction of sp³-hybridized carbons (Fsp3) is 0.562. The summed E-state index contributed by atoms with van der Waals surface area (Å²) in [7, 11) is 3.80. The number of nitrogens with one attached hydrogen (secondary N) is 1. The molecule has 4 heteroatoms. The molecule has 110 valence electrons. The zero-order valence-corrected chi connectivity index (χ0v) is 12.9. The molecule has 20 heavy (non-hydrogen) atoms. The van der Waals surface area contributed by atoms with Gasteiger partial charge in [0.05, 0.1) is 18.7 Å². The van der Waals surface area contributed by atoms with Gasteiger partial charge in [0.15, 0.2) is 0 Å². The van der Waals surface area contributed by atoms with E-state index in [4.69, 9.17) is 10.00 Å². The minimum Gasteiger partial charge on any atom is -0.496 e. The van der Waals surface area contributed by atoms with Gasteiger partial charge in [-0.2, -0.15) is 5.26 Å². The summed E-state index contributed by atoms with van der Waals surface area (Å²) in [4.78, 5) is 2.34. The van der Waals surface area contributed by atoms with Crippen molar-refractivity contribution in [1.82, 2.24) is 10.2 Å². The molecule has 0 saturated heterocycles. The van der Waals surface area contributed by atoms with Crippen LogP contribution in [-0.2, 0) is 6.54 Å². The van der Waals surface area contributed by atoms with Gasteiger partial charge in [0.2, 0.25) is 0 Å². The van der Waals surface area contributed by atoms with Crippen LogP contribution < -0.4 is 10.1 Å². The largest absolute Gasteiger partial charge is 0.496 e. The highest BCUT2D eigenvalue weighted by atomic mass is 16.5. The van der Waals surface area contributed by atoms with E-state index in [-0.39, 0.29) is 0 Å². The van der Waals surface area contributed by atoms with Gasteiger partial charge in [-0.15, -0.1) is 0 Å². The van der Waals surface area contributed by atoms with Crippen LogP contribution in [0.15, 0.2) is 18.2 Å². The summed E-state index contributed by atoms with van der Waals surface area (Å²) >= 11 is 0. The molecule has 0 heterocycles. The molecular weight excluding hydrogens is 250 g/mol. The normalized spacial score (nSPS) is 12.2. The minimum atomic E-state index is 0.605. The Kier molecular flexibility index (Phi) is 7.06. The summed E-state index contributed by atoms with van der Waals surface area (Å²) in [6, 6.07) is 8.27. The van der Waals surface area contributed by atoms with E-state index in [9.17, 15) is 0 Å². The first kappa shape index (κ1) is 16.5. The molecule has 0 aliphatic heterocycles. The van der Waals surface area contributed by atoms with Crippen molar-refractivity contribution in [2.24, 2.45) is 0 Å². The van der Waals surface area contributed by atoms with Gasteiger partial charge < -0.3 is 15.0 Å². The van der Waals surface area contributed by atoms with Crippen molar-refractivity contribution in [3.05, 3.63) is 29.3 Å². The summed E-state index contributed by atoms with van der Waals surface area (Å²) in [5.74, 6) is 0.826. The Bertz CT molecular complexity index is 454. The van der Waals surface area contributed by atoms with E-state index in [0.29, 0.717) is 18.2 Å². The van der Waals surface area contributed by atoms with Crippen molar-refractivity contribution in [2.75, 3.05) is 27.2 Å². The number of hydrogen-bond acceptors (Lipinski definition) is 4. The van der Waals surface area contributed by atoms with Crippen LogP contribution in [0.2, 0.25) is 0 Å². The average molecular weight is 275 g/mol. The Balaban J connectivity index is 2.47. The summed E-state index contributed by atoms with van der Waals surface area (Å²) in [5, 5.41) is 12.3. The Morgan fingerprint density at radius 1 is 1.45 bits per heavy atom. The second kappa shape index (κ2) is 8.57. The number of nitrogens with zero attached hydrogens (tertiary/aromatic N) is 2. The van der Waals surface area contributed by atoms with E-state index >= 15 is 0 Å². The van der Waals surface area contributed by atoms with E-state index in [1.165, 1.54) is 0 Å². The smallest absolute Gasteiger partial charge is 0.123 e. The molecule has 4 nitrogen and oxygen atoms in total. The van der Waals surface area contributed by atoms with E-state index in [1.807, 2.05) is 12.1 Å². The van der Waals surface area contributed by atoms with E-state index in [0.717, 1.165) is 30.8 Å². The third-order valence-corrected chi connectivity index (χ3v) is 3.71. The molecule has 1 atom stereocenters. The number of benzene rings is 1. The van der Waals surface area contributed by atoms with Crippen molar-refractivity contribution >= 4 is 0 Å². The van der Waals surface area contributed by atoms with Crippen LogP contribution in [0.4, 0.5) is 0 Å². The first-order valence-corrected chi connectivity index (χ1v) is 7.10. The Hall–Kier alpha value is -1.57. The standard InChI is InChI=1S/C16H25N3O/c1-5-13(2)19(3)9-8-18-12-15-10-14(11-17)6-7-16(15)20-4/h6-7,10,13,18H,5,8-9,12H2,1-4H3. The topological polar surface area (TPSA) is 48.3 Å². The highest BCUT2D eigenvalue weighted by Crippen LogP contribution is 2.19.